The van der Waals surface area contributed by atoms with Crippen LogP contribution in [-0.4, -0.2) is 36.5 Å². The third kappa shape index (κ3) is 5.26. The van der Waals surface area contributed by atoms with E-state index in [1.165, 1.54) is 0 Å². The lowest BCUT2D eigenvalue weighted by atomic mass is 10.0. The molecule has 1 atom stereocenters. The van der Waals surface area contributed by atoms with Crippen LogP contribution in [0.3, 0.4) is 0 Å². The summed E-state index contributed by atoms with van der Waals surface area (Å²) in [4.78, 5) is 12.1. The van der Waals surface area contributed by atoms with Crippen LogP contribution in [0.1, 0.15) is 20.3 Å². The molecule has 0 fully saturated rings. The van der Waals surface area contributed by atoms with Gasteiger partial charge in [-0.05, 0) is 26.4 Å². The van der Waals surface area contributed by atoms with Crippen LogP contribution in [0.15, 0.2) is 12.1 Å². The highest BCUT2D eigenvalue weighted by atomic mass is 19.1. The van der Waals surface area contributed by atoms with Crippen molar-refractivity contribution in [2.75, 3.05) is 26.0 Å². The highest BCUT2D eigenvalue weighted by Gasteiger charge is 2.24. The summed E-state index contributed by atoms with van der Waals surface area (Å²) in [6.07, 6.45) is 0.730. The predicted molar refractivity (Wildman–Crippen MR) is 78.4 cm³/mol. The standard InChI is InChI=1S/C14H21F2N3O2/c1-9(2)5-11(8-18(3)4)17-13-7-10(15)6-12(16)14(13)19(20)21/h6-7,9,11,17H,5,8H2,1-4H3. The van der Waals surface area contributed by atoms with Crippen molar-refractivity contribution in [3.8, 4) is 0 Å². The largest absolute Gasteiger partial charge is 0.375 e. The summed E-state index contributed by atoms with van der Waals surface area (Å²) in [6.45, 7) is 4.64. The van der Waals surface area contributed by atoms with E-state index in [2.05, 4.69) is 5.32 Å². The van der Waals surface area contributed by atoms with Gasteiger partial charge in [0.1, 0.15) is 11.5 Å². The highest BCUT2D eigenvalue weighted by Crippen LogP contribution is 2.30. The first-order valence-electron chi connectivity index (χ1n) is 6.75. The minimum atomic E-state index is -1.17. The van der Waals surface area contributed by atoms with Crippen molar-refractivity contribution in [2.45, 2.75) is 26.3 Å². The number of rotatable bonds is 7. The van der Waals surface area contributed by atoms with E-state index < -0.39 is 22.2 Å². The zero-order valence-electron chi connectivity index (χ0n) is 12.7. The van der Waals surface area contributed by atoms with Gasteiger partial charge in [-0.2, -0.15) is 4.39 Å². The van der Waals surface area contributed by atoms with Crippen LogP contribution in [0.25, 0.3) is 0 Å². The summed E-state index contributed by atoms with van der Waals surface area (Å²) in [6, 6.07) is 1.34. The second-order valence-electron chi connectivity index (χ2n) is 5.77. The molecule has 0 saturated carbocycles. The first-order valence-corrected chi connectivity index (χ1v) is 6.75. The Kier molecular flexibility index (Phi) is 6.02. The summed E-state index contributed by atoms with van der Waals surface area (Å²) in [5, 5.41) is 13.9. The molecule has 0 spiro atoms. The number of anilines is 1. The van der Waals surface area contributed by atoms with Crippen LogP contribution in [0.4, 0.5) is 20.2 Å². The highest BCUT2D eigenvalue weighted by molar-refractivity contribution is 5.62. The van der Waals surface area contributed by atoms with Gasteiger partial charge in [0.15, 0.2) is 0 Å². The van der Waals surface area contributed by atoms with Gasteiger partial charge in [-0.15, -0.1) is 0 Å². The number of hydrogen-bond donors (Lipinski definition) is 1. The van der Waals surface area contributed by atoms with Crippen LogP contribution >= 0.6 is 0 Å². The average Bonchev–Trinajstić information content (AvgIpc) is 2.24. The molecule has 1 unspecified atom stereocenters. The summed E-state index contributed by atoms with van der Waals surface area (Å²) in [7, 11) is 3.74. The molecule has 0 aliphatic rings. The van der Waals surface area contributed by atoms with Gasteiger partial charge in [0.2, 0.25) is 5.82 Å². The molecular weight excluding hydrogens is 280 g/mol. The molecule has 5 nitrogen and oxygen atoms in total. The van der Waals surface area contributed by atoms with Crippen LogP contribution in [0, 0.1) is 27.7 Å². The Morgan fingerprint density at radius 3 is 2.43 bits per heavy atom. The number of nitrogens with one attached hydrogen (secondary N) is 1. The first-order chi connectivity index (χ1) is 9.70. The Hall–Kier alpha value is -1.76. The van der Waals surface area contributed by atoms with Crippen molar-refractivity contribution in [2.24, 2.45) is 5.92 Å². The molecule has 0 amide bonds. The summed E-state index contributed by atoms with van der Waals surface area (Å²) >= 11 is 0. The van der Waals surface area contributed by atoms with Crippen molar-refractivity contribution in [3.63, 3.8) is 0 Å². The number of nitro groups is 1. The Morgan fingerprint density at radius 2 is 1.95 bits per heavy atom. The van der Waals surface area contributed by atoms with E-state index in [0.717, 1.165) is 12.5 Å². The average molecular weight is 301 g/mol. The molecule has 1 N–H and O–H groups in total. The monoisotopic (exact) mass is 301 g/mol. The Labute approximate surface area is 123 Å². The zero-order valence-corrected chi connectivity index (χ0v) is 12.7. The van der Waals surface area contributed by atoms with E-state index in [9.17, 15) is 18.9 Å². The van der Waals surface area contributed by atoms with Gasteiger partial charge in [0.05, 0.1) is 4.92 Å². The third-order valence-corrected chi connectivity index (χ3v) is 2.91. The fourth-order valence-corrected chi connectivity index (χ4v) is 2.27. The van der Waals surface area contributed by atoms with Crippen molar-refractivity contribution < 1.29 is 13.7 Å². The van der Waals surface area contributed by atoms with Gasteiger partial charge in [-0.3, -0.25) is 10.1 Å². The quantitative estimate of drug-likeness (QED) is 0.620. The summed E-state index contributed by atoms with van der Waals surface area (Å²) in [5.74, 6) is -1.66. The van der Waals surface area contributed by atoms with E-state index >= 15 is 0 Å². The van der Waals surface area contributed by atoms with Gasteiger partial charge in [0, 0.05) is 24.7 Å². The zero-order chi connectivity index (χ0) is 16.2. The van der Waals surface area contributed by atoms with E-state index in [-0.39, 0.29) is 11.7 Å². The Balaban J connectivity index is 3.09. The smallest absolute Gasteiger partial charge is 0.327 e. The number of hydrogen-bond acceptors (Lipinski definition) is 4. The maximum atomic E-state index is 13.6. The molecule has 0 radical (unpaired) electrons. The minimum Gasteiger partial charge on any atom is -0.375 e. The van der Waals surface area contributed by atoms with Crippen molar-refractivity contribution in [1.82, 2.24) is 4.90 Å². The van der Waals surface area contributed by atoms with Crippen LogP contribution in [0.5, 0.6) is 0 Å². The lowest BCUT2D eigenvalue weighted by molar-refractivity contribution is -0.386. The van der Waals surface area contributed by atoms with Gasteiger partial charge in [0.25, 0.3) is 0 Å². The number of nitrogens with zero attached hydrogens (tertiary/aromatic N) is 2. The molecule has 0 aliphatic heterocycles. The molecule has 7 heteroatoms. The number of nitro benzene ring substituents is 1. The van der Waals surface area contributed by atoms with E-state index in [0.29, 0.717) is 18.5 Å². The molecular formula is C14H21F2N3O2. The molecule has 1 aromatic rings. The Morgan fingerprint density at radius 1 is 1.33 bits per heavy atom. The fraction of sp³-hybridized carbons (Fsp3) is 0.571. The molecule has 0 saturated heterocycles. The summed E-state index contributed by atoms with van der Waals surface area (Å²) in [5.41, 5.74) is -0.839. The molecule has 0 bridgehead atoms. The fourth-order valence-electron chi connectivity index (χ4n) is 2.27. The van der Waals surface area contributed by atoms with Crippen LogP contribution in [-0.2, 0) is 0 Å². The van der Waals surface area contributed by atoms with Gasteiger partial charge < -0.3 is 10.2 Å². The molecule has 0 heterocycles. The van der Waals surface area contributed by atoms with Crippen molar-refractivity contribution >= 4 is 11.4 Å². The SMILES string of the molecule is CC(C)CC(CN(C)C)Nc1cc(F)cc(F)c1[N+](=O)[O-]. The second kappa shape index (κ2) is 7.31. The maximum absolute atomic E-state index is 13.6. The van der Waals surface area contributed by atoms with E-state index in [1.807, 2.05) is 32.8 Å². The van der Waals surface area contributed by atoms with Gasteiger partial charge >= 0.3 is 5.69 Å². The molecule has 0 aliphatic carbocycles. The summed E-state index contributed by atoms with van der Waals surface area (Å²) < 4.78 is 26.9. The third-order valence-electron chi connectivity index (χ3n) is 2.91. The van der Waals surface area contributed by atoms with Crippen LogP contribution in [0.2, 0.25) is 0 Å². The predicted octanol–water partition coefficient (Wildman–Crippen LogP) is 3.26. The second-order valence-corrected chi connectivity index (χ2v) is 5.77. The molecule has 1 rings (SSSR count). The topological polar surface area (TPSA) is 58.4 Å². The van der Waals surface area contributed by atoms with Gasteiger partial charge in [-0.25, -0.2) is 4.39 Å². The number of halogens is 2. The molecule has 118 valence electrons. The number of benzene rings is 1. The van der Waals surface area contributed by atoms with Crippen molar-refractivity contribution in [3.05, 3.63) is 33.9 Å². The Bertz CT molecular complexity index is 497. The molecule has 0 aromatic heterocycles. The molecule has 1 aromatic carbocycles. The van der Waals surface area contributed by atoms with Crippen LogP contribution < -0.4 is 5.32 Å². The lowest BCUT2D eigenvalue weighted by Crippen LogP contribution is -2.33. The van der Waals surface area contributed by atoms with Crippen molar-refractivity contribution in [1.29, 1.82) is 0 Å². The van der Waals surface area contributed by atoms with E-state index in [1.54, 1.807) is 0 Å². The minimum absolute atomic E-state index is 0.120. The molecule has 21 heavy (non-hydrogen) atoms. The number of likely N-dealkylation sites (N-methyl/N-ethyl adjacent to an activating group) is 1. The van der Waals surface area contributed by atoms with E-state index in [4.69, 9.17) is 0 Å². The normalized spacial score (nSPS) is 12.8. The first kappa shape index (κ1) is 17.3. The van der Waals surface area contributed by atoms with Gasteiger partial charge in [-0.1, -0.05) is 13.8 Å². The maximum Gasteiger partial charge on any atom is 0.327 e. The lowest BCUT2D eigenvalue weighted by Gasteiger charge is -2.24.